The molecular formula is C18H17IO4. The number of benzene rings is 2. The van der Waals surface area contributed by atoms with Gasteiger partial charge in [-0.15, -0.1) is 0 Å². The first kappa shape index (κ1) is 17.5. The van der Waals surface area contributed by atoms with Crippen LogP contribution in [0, 0.1) is 9.49 Å². The third-order valence-electron chi connectivity index (χ3n) is 3.37. The number of carboxylic acids is 1. The molecule has 0 unspecified atom stereocenters. The summed E-state index contributed by atoms with van der Waals surface area (Å²) in [7, 11) is 0. The molecule has 2 rings (SSSR count). The fourth-order valence-electron chi connectivity index (χ4n) is 2.20. The second-order valence-corrected chi connectivity index (χ2v) is 6.46. The second-order valence-electron chi connectivity index (χ2n) is 5.22. The van der Waals surface area contributed by atoms with Crippen molar-refractivity contribution in [2.24, 2.45) is 5.92 Å². The second kappa shape index (κ2) is 8.67. The van der Waals surface area contributed by atoms with E-state index in [9.17, 15) is 9.59 Å². The first-order valence-electron chi connectivity index (χ1n) is 7.21. The highest BCUT2D eigenvalue weighted by Gasteiger charge is 2.23. The van der Waals surface area contributed by atoms with Gasteiger partial charge in [0.25, 0.3) is 0 Å². The van der Waals surface area contributed by atoms with Crippen LogP contribution in [-0.2, 0) is 27.4 Å². The highest BCUT2D eigenvalue weighted by molar-refractivity contribution is 14.1. The molecule has 2 aromatic carbocycles. The minimum atomic E-state index is -1.00. The van der Waals surface area contributed by atoms with Crippen molar-refractivity contribution in [1.29, 1.82) is 0 Å². The number of hydrogen-bond acceptors (Lipinski definition) is 3. The van der Waals surface area contributed by atoms with Crippen LogP contribution in [0.3, 0.4) is 0 Å². The van der Waals surface area contributed by atoms with Crippen LogP contribution in [0.25, 0.3) is 0 Å². The molecule has 0 bridgehead atoms. The highest BCUT2D eigenvalue weighted by atomic mass is 127. The third kappa shape index (κ3) is 6.02. The summed E-state index contributed by atoms with van der Waals surface area (Å²) in [6, 6.07) is 17.0. The zero-order valence-electron chi connectivity index (χ0n) is 12.4. The molecule has 4 nitrogen and oxygen atoms in total. The Morgan fingerprint density at radius 3 is 2.26 bits per heavy atom. The van der Waals surface area contributed by atoms with Crippen LogP contribution in [0.5, 0.6) is 0 Å². The molecule has 0 fully saturated rings. The summed E-state index contributed by atoms with van der Waals surface area (Å²) in [6.45, 7) is 0.155. The number of carbonyl (C=O) groups is 2. The summed E-state index contributed by atoms with van der Waals surface area (Å²) in [5, 5.41) is 9.03. The molecular weight excluding hydrogens is 407 g/mol. The molecule has 23 heavy (non-hydrogen) atoms. The molecule has 1 atom stereocenters. The number of halogens is 1. The highest BCUT2D eigenvalue weighted by Crippen LogP contribution is 2.17. The quantitative estimate of drug-likeness (QED) is 0.545. The standard InChI is InChI=1S/C18H17IO4/c19-16-8-6-13(7-9-16)10-15(11-17(20)21)18(22)23-12-14-4-2-1-3-5-14/h1-9,15H,10-12H2,(H,20,21)/t15-/m1/s1. The lowest BCUT2D eigenvalue weighted by molar-refractivity contribution is -0.154. The normalized spacial score (nSPS) is 11.7. The molecule has 0 saturated heterocycles. The SMILES string of the molecule is O=C(O)C[C@@H](Cc1ccc(I)cc1)C(=O)OCc1ccccc1. The maximum Gasteiger partial charge on any atom is 0.310 e. The van der Waals surface area contributed by atoms with Gasteiger partial charge >= 0.3 is 11.9 Å². The Bertz CT molecular complexity index is 652. The molecule has 0 heterocycles. The molecule has 120 valence electrons. The van der Waals surface area contributed by atoms with Crippen molar-refractivity contribution in [2.45, 2.75) is 19.4 Å². The summed E-state index contributed by atoms with van der Waals surface area (Å²) in [5.74, 6) is -2.16. The van der Waals surface area contributed by atoms with Gasteiger partial charge in [0.1, 0.15) is 6.61 Å². The molecule has 0 spiro atoms. The van der Waals surface area contributed by atoms with Gasteiger partial charge in [-0.25, -0.2) is 0 Å². The van der Waals surface area contributed by atoms with Crippen LogP contribution < -0.4 is 0 Å². The van der Waals surface area contributed by atoms with E-state index in [0.29, 0.717) is 6.42 Å². The first-order valence-corrected chi connectivity index (χ1v) is 8.29. The number of ether oxygens (including phenoxy) is 1. The van der Waals surface area contributed by atoms with Crippen molar-refractivity contribution in [3.63, 3.8) is 0 Å². The van der Waals surface area contributed by atoms with Gasteiger partial charge in [0.15, 0.2) is 0 Å². The van der Waals surface area contributed by atoms with E-state index in [1.54, 1.807) is 0 Å². The Morgan fingerprint density at radius 1 is 1.00 bits per heavy atom. The van der Waals surface area contributed by atoms with Gasteiger partial charge in [-0.2, -0.15) is 0 Å². The van der Waals surface area contributed by atoms with Gasteiger partial charge in [-0.1, -0.05) is 42.5 Å². The van der Waals surface area contributed by atoms with E-state index in [2.05, 4.69) is 22.6 Å². The molecule has 5 heteroatoms. The van der Waals surface area contributed by atoms with Gasteiger partial charge in [0.05, 0.1) is 12.3 Å². The Morgan fingerprint density at radius 2 is 1.65 bits per heavy atom. The van der Waals surface area contributed by atoms with E-state index in [0.717, 1.165) is 14.7 Å². The fourth-order valence-corrected chi connectivity index (χ4v) is 2.56. The Hall–Kier alpha value is -1.89. The summed E-state index contributed by atoms with van der Waals surface area (Å²) in [5.41, 5.74) is 1.80. The average Bonchev–Trinajstić information content (AvgIpc) is 2.54. The molecule has 0 aliphatic rings. The van der Waals surface area contributed by atoms with Crippen LogP contribution in [0.1, 0.15) is 17.5 Å². The minimum absolute atomic E-state index is 0.155. The van der Waals surface area contributed by atoms with Crippen molar-refractivity contribution in [1.82, 2.24) is 0 Å². The lowest BCUT2D eigenvalue weighted by Gasteiger charge is -2.14. The molecule has 0 aliphatic heterocycles. The lowest BCUT2D eigenvalue weighted by atomic mass is 9.96. The monoisotopic (exact) mass is 424 g/mol. The lowest BCUT2D eigenvalue weighted by Crippen LogP contribution is -2.23. The number of hydrogen-bond donors (Lipinski definition) is 1. The van der Waals surface area contributed by atoms with Crippen LogP contribution in [0.4, 0.5) is 0 Å². The smallest absolute Gasteiger partial charge is 0.310 e. The zero-order valence-corrected chi connectivity index (χ0v) is 14.6. The van der Waals surface area contributed by atoms with E-state index in [4.69, 9.17) is 9.84 Å². The maximum absolute atomic E-state index is 12.2. The van der Waals surface area contributed by atoms with Crippen molar-refractivity contribution in [2.75, 3.05) is 0 Å². The van der Waals surface area contributed by atoms with Gasteiger partial charge in [-0.05, 0) is 52.3 Å². The zero-order chi connectivity index (χ0) is 16.7. The van der Waals surface area contributed by atoms with Gasteiger partial charge < -0.3 is 9.84 Å². The predicted octanol–water partition coefficient (Wildman–Crippen LogP) is 3.67. The number of esters is 1. The molecule has 1 N–H and O–H groups in total. The Kier molecular flexibility index (Phi) is 6.58. The van der Waals surface area contributed by atoms with Gasteiger partial charge in [0, 0.05) is 3.57 Å². The Labute approximate surface area is 148 Å². The fraction of sp³-hybridized carbons (Fsp3) is 0.222. The van der Waals surface area contributed by atoms with E-state index in [-0.39, 0.29) is 13.0 Å². The van der Waals surface area contributed by atoms with E-state index in [1.807, 2.05) is 54.6 Å². The Balaban J connectivity index is 2.00. The minimum Gasteiger partial charge on any atom is -0.481 e. The number of carbonyl (C=O) groups excluding carboxylic acids is 1. The topological polar surface area (TPSA) is 63.6 Å². The van der Waals surface area contributed by atoms with Gasteiger partial charge in [0.2, 0.25) is 0 Å². The molecule has 0 amide bonds. The number of rotatable bonds is 7. The molecule has 0 saturated carbocycles. The molecule has 0 aromatic heterocycles. The summed E-state index contributed by atoms with van der Waals surface area (Å²) < 4.78 is 6.37. The van der Waals surface area contributed by atoms with Crippen LogP contribution in [0.2, 0.25) is 0 Å². The molecule has 0 radical (unpaired) electrons. The average molecular weight is 424 g/mol. The summed E-state index contributed by atoms with van der Waals surface area (Å²) in [6.07, 6.45) is 0.121. The van der Waals surface area contributed by atoms with Crippen molar-refractivity contribution >= 4 is 34.5 Å². The molecule has 0 aliphatic carbocycles. The van der Waals surface area contributed by atoms with Crippen LogP contribution in [0.15, 0.2) is 54.6 Å². The van der Waals surface area contributed by atoms with Crippen molar-refractivity contribution in [3.8, 4) is 0 Å². The maximum atomic E-state index is 12.2. The van der Waals surface area contributed by atoms with E-state index in [1.165, 1.54) is 0 Å². The van der Waals surface area contributed by atoms with Crippen LogP contribution >= 0.6 is 22.6 Å². The number of aliphatic carboxylic acids is 1. The predicted molar refractivity (Wildman–Crippen MR) is 94.8 cm³/mol. The van der Waals surface area contributed by atoms with Crippen LogP contribution in [-0.4, -0.2) is 17.0 Å². The summed E-state index contributed by atoms with van der Waals surface area (Å²) >= 11 is 2.20. The summed E-state index contributed by atoms with van der Waals surface area (Å²) in [4.78, 5) is 23.3. The van der Waals surface area contributed by atoms with E-state index >= 15 is 0 Å². The van der Waals surface area contributed by atoms with Gasteiger partial charge in [-0.3, -0.25) is 9.59 Å². The van der Waals surface area contributed by atoms with E-state index < -0.39 is 17.9 Å². The largest absolute Gasteiger partial charge is 0.481 e. The first-order chi connectivity index (χ1) is 11.0. The third-order valence-corrected chi connectivity index (χ3v) is 4.09. The van der Waals surface area contributed by atoms with Crippen molar-refractivity contribution < 1.29 is 19.4 Å². The number of carboxylic acid groups (broad SMARTS) is 1. The molecule has 2 aromatic rings. The van der Waals surface area contributed by atoms with Crippen molar-refractivity contribution in [3.05, 3.63) is 69.3 Å².